The molecule has 3 N–H and O–H groups in total. The first kappa shape index (κ1) is 12.7. The van der Waals surface area contributed by atoms with Crippen molar-refractivity contribution in [1.29, 1.82) is 0 Å². The molecule has 6 nitrogen and oxygen atoms in total. The van der Waals surface area contributed by atoms with E-state index in [1.165, 1.54) is 4.90 Å². The number of carboxylic acid groups (broad SMARTS) is 1. The van der Waals surface area contributed by atoms with E-state index in [1.807, 2.05) is 0 Å². The van der Waals surface area contributed by atoms with Gasteiger partial charge in [-0.25, -0.2) is 4.79 Å². The average Bonchev–Trinajstić information content (AvgIpc) is 2.28. The Labute approximate surface area is 93.7 Å². The van der Waals surface area contributed by atoms with E-state index in [0.717, 1.165) is 0 Å². The number of ether oxygens (including phenoxy) is 1. The summed E-state index contributed by atoms with van der Waals surface area (Å²) in [5.74, 6) is -1.32. The molecule has 0 saturated carbocycles. The number of hydrogen-bond acceptors (Lipinski definition) is 4. The third kappa shape index (κ3) is 3.04. The van der Waals surface area contributed by atoms with Crippen LogP contribution < -0.4 is 5.73 Å². The predicted octanol–water partition coefficient (Wildman–Crippen LogP) is -0.798. The number of morpholine rings is 1. The van der Waals surface area contributed by atoms with Crippen LogP contribution in [-0.2, 0) is 14.3 Å². The normalized spacial score (nSPS) is 22.6. The first-order valence-electron chi connectivity index (χ1n) is 5.06. The van der Waals surface area contributed by atoms with Gasteiger partial charge in [0, 0.05) is 6.54 Å². The third-order valence-corrected chi connectivity index (χ3v) is 2.39. The van der Waals surface area contributed by atoms with Crippen LogP contribution in [0.15, 0.2) is 12.7 Å². The fraction of sp³-hybridized carbons (Fsp3) is 0.600. The maximum absolute atomic E-state index is 11.8. The fourth-order valence-corrected chi connectivity index (χ4v) is 1.51. The molecular weight excluding hydrogens is 212 g/mol. The Kier molecular flexibility index (Phi) is 4.45. The number of carboxylic acids is 1. The smallest absolute Gasteiger partial charge is 0.334 e. The highest BCUT2D eigenvalue weighted by Gasteiger charge is 2.30. The topological polar surface area (TPSA) is 92.9 Å². The fourth-order valence-electron chi connectivity index (χ4n) is 1.51. The lowest BCUT2D eigenvalue weighted by atomic mass is 10.1. The van der Waals surface area contributed by atoms with E-state index in [2.05, 4.69) is 6.58 Å². The molecule has 1 saturated heterocycles. The van der Waals surface area contributed by atoms with Crippen molar-refractivity contribution < 1.29 is 19.4 Å². The van der Waals surface area contributed by atoms with Crippen LogP contribution in [0, 0.1) is 0 Å². The van der Waals surface area contributed by atoms with Gasteiger partial charge in [0.05, 0.1) is 19.2 Å². The zero-order valence-corrected chi connectivity index (χ0v) is 8.96. The van der Waals surface area contributed by atoms with Gasteiger partial charge in [-0.2, -0.15) is 0 Å². The summed E-state index contributed by atoms with van der Waals surface area (Å²) in [4.78, 5) is 23.9. The number of carbonyl (C=O) groups excluding carboxylic acids is 1. The number of nitrogens with two attached hydrogens (primary N) is 1. The van der Waals surface area contributed by atoms with E-state index in [4.69, 9.17) is 15.6 Å². The minimum atomic E-state index is -1.06. The van der Waals surface area contributed by atoms with Crippen LogP contribution in [0.5, 0.6) is 0 Å². The molecular formula is C10H16N2O4. The molecule has 0 aromatic rings. The van der Waals surface area contributed by atoms with Gasteiger partial charge in [-0.05, 0) is 6.42 Å². The van der Waals surface area contributed by atoms with Crippen molar-refractivity contribution in [2.75, 3.05) is 19.7 Å². The van der Waals surface area contributed by atoms with Gasteiger partial charge < -0.3 is 20.5 Å². The molecule has 2 unspecified atom stereocenters. The number of carbonyl (C=O) groups is 2. The van der Waals surface area contributed by atoms with Gasteiger partial charge in [0.2, 0.25) is 5.91 Å². The van der Waals surface area contributed by atoms with Gasteiger partial charge in [0.1, 0.15) is 0 Å². The molecule has 1 rings (SSSR count). The van der Waals surface area contributed by atoms with Crippen molar-refractivity contribution in [3.63, 3.8) is 0 Å². The Morgan fingerprint density at radius 2 is 2.38 bits per heavy atom. The van der Waals surface area contributed by atoms with Gasteiger partial charge >= 0.3 is 5.97 Å². The SMILES string of the molecule is C=CCC(N)C(=O)N1CCOC(C(=O)O)C1. The molecule has 1 aliphatic rings. The van der Waals surface area contributed by atoms with Crippen molar-refractivity contribution in [3.8, 4) is 0 Å². The summed E-state index contributed by atoms with van der Waals surface area (Å²) in [7, 11) is 0. The molecule has 0 aliphatic carbocycles. The molecule has 0 bridgehead atoms. The van der Waals surface area contributed by atoms with Crippen molar-refractivity contribution in [2.24, 2.45) is 5.73 Å². The molecule has 1 aliphatic heterocycles. The Balaban J connectivity index is 2.56. The summed E-state index contributed by atoms with van der Waals surface area (Å²) in [6.07, 6.45) is 1.000. The zero-order chi connectivity index (χ0) is 12.1. The molecule has 0 aromatic heterocycles. The summed E-state index contributed by atoms with van der Waals surface area (Å²) in [5.41, 5.74) is 5.63. The van der Waals surface area contributed by atoms with E-state index in [1.54, 1.807) is 6.08 Å². The van der Waals surface area contributed by atoms with Crippen LogP contribution in [-0.4, -0.2) is 53.7 Å². The van der Waals surface area contributed by atoms with Gasteiger partial charge in [0.25, 0.3) is 0 Å². The lowest BCUT2D eigenvalue weighted by Gasteiger charge is -2.32. The first-order chi connectivity index (χ1) is 7.56. The molecule has 1 heterocycles. The average molecular weight is 228 g/mol. The van der Waals surface area contributed by atoms with Crippen LogP contribution in [0.4, 0.5) is 0 Å². The monoisotopic (exact) mass is 228 g/mol. The molecule has 1 fully saturated rings. The van der Waals surface area contributed by atoms with Crippen LogP contribution in [0.1, 0.15) is 6.42 Å². The van der Waals surface area contributed by atoms with E-state index in [9.17, 15) is 9.59 Å². The quantitative estimate of drug-likeness (QED) is 0.615. The summed E-state index contributed by atoms with van der Waals surface area (Å²) in [5, 5.41) is 8.77. The van der Waals surface area contributed by atoms with Crippen molar-refractivity contribution in [1.82, 2.24) is 4.90 Å². The van der Waals surface area contributed by atoms with Gasteiger partial charge in [-0.1, -0.05) is 6.08 Å². The minimum absolute atomic E-state index is 0.0546. The zero-order valence-electron chi connectivity index (χ0n) is 8.96. The van der Waals surface area contributed by atoms with Crippen molar-refractivity contribution >= 4 is 11.9 Å². The molecule has 1 amide bonds. The Bertz CT molecular complexity index is 293. The molecule has 90 valence electrons. The second kappa shape index (κ2) is 5.62. The van der Waals surface area contributed by atoms with Crippen LogP contribution in [0.2, 0.25) is 0 Å². The van der Waals surface area contributed by atoms with Crippen LogP contribution >= 0.6 is 0 Å². The Morgan fingerprint density at radius 3 is 2.94 bits per heavy atom. The molecule has 0 aromatic carbocycles. The summed E-state index contributed by atoms with van der Waals surface area (Å²) in [6.45, 7) is 4.16. The first-order valence-corrected chi connectivity index (χ1v) is 5.06. The van der Waals surface area contributed by atoms with Gasteiger partial charge in [0.15, 0.2) is 6.10 Å². The molecule has 0 radical (unpaired) electrons. The van der Waals surface area contributed by atoms with Crippen LogP contribution in [0.3, 0.4) is 0 Å². The van der Waals surface area contributed by atoms with Crippen molar-refractivity contribution in [3.05, 3.63) is 12.7 Å². The van der Waals surface area contributed by atoms with Gasteiger partial charge in [-0.3, -0.25) is 4.79 Å². The second-order valence-corrected chi connectivity index (χ2v) is 3.61. The highest BCUT2D eigenvalue weighted by molar-refractivity contribution is 5.83. The summed E-state index contributed by atoms with van der Waals surface area (Å²) < 4.78 is 5.01. The highest BCUT2D eigenvalue weighted by atomic mass is 16.5. The molecule has 2 atom stereocenters. The Morgan fingerprint density at radius 1 is 1.69 bits per heavy atom. The standard InChI is InChI=1S/C10H16N2O4/c1-2-3-7(11)9(13)12-4-5-16-8(6-12)10(14)15/h2,7-8H,1,3-6,11H2,(H,14,15). The molecule has 16 heavy (non-hydrogen) atoms. The maximum atomic E-state index is 11.8. The van der Waals surface area contributed by atoms with E-state index in [-0.39, 0.29) is 19.1 Å². The van der Waals surface area contributed by atoms with E-state index < -0.39 is 18.1 Å². The number of nitrogens with zero attached hydrogens (tertiary/aromatic N) is 1. The summed E-state index contributed by atoms with van der Waals surface area (Å²) >= 11 is 0. The number of hydrogen-bond donors (Lipinski definition) is 2. The Hall–Kier alpha value is -1.40. The minimum Gasteiger partial charge on any atom is -0.479 e. The third-order valence-electron chi connectivity index (χ3n) is 2.39. The molecule has 6 heteroatoms. The van der Waals surface area contributed by atoms with Gasteiger partial charge in [-0.15, -0.1) is 6.58 Å². The lowest BCUT2D eigenvalue weighted by molar-refractivity contribution is -0.159. The predicted molar refractivity (Wildman–Crippen MR) is 56.7 cm³/mol. The lowest BCUT2D eigenvalue weighted by Crippen LogP contribution is -2.53. The molecule has 0 spiro atoms. The van der Waals surface area contributed by atoms with Crippen molar-refractivity contribution in [2.45, 2.75) is 18.6 Å². The highest BCUT2D eigenvalue weighted by Crippen LogP contribution is 2.07. The number of aliphatic carboxylic acids is 1. The largest absolute Gasteiger partial charge is 0.479 e. The summed E-state index contributed by atoms with van der Waals surface area (Å²) in [6, 6.07) is -0.648. The number of amides is 1. The van der Waals surface area contributed by atoms with Crippen LogP contribution in [0.25, 0.3) is 0 Å². The number of rotatable bonds is 4. The maximum Gasteiger partial charge on any atom is 0.334 e. The van der Waals surface area contributed by atoms with E-state index >= 15 is 0 Å². The second-order valence-electron chi connectivity index (χ2n) is 3.61. The van der Waals surface area contributed by atoms with E-state index in [0.29, 0.717) is 13.0 Å².